The first-order valence-corrected chi connectivity index (χ1v) is 7.82. The highest BCUT2D eigenvalue weighted by Crippen LogP contribution is 2.27. The van der Waals surface area contributed by atoms with Crippen molar-refractivity contribution in [2.24, 2.45) is 0 Å². The summed E-state index contributed by atoms with van der Waals surface area (Å²) in [4.78, 5) is 24.8. The normalized spacial score (nSPS) is 23.5. The van der Waals surface area contributed by atoms with Crippen molar-refractivity contribution in [3.63, 3.8) is 0 Å². The molecule has 1 aliphatic rings. The Bertz CT molecular complexity index is 841. The van der Waals surface area contributed by atoms with Gasteiger partial charge in [-0.1, -0.05) is 24.3 Å². The van der Waals surface area contributed by atoms with Gasteiger partial charge in [-0.15, -0.1) is 0 Å². The molecule has 0 unspecified atom stereocenters. The molecule has 7 heteroatoms. The molecule has 0 radical (unpaired) electrons. The second-order valence-electron chi connectivity index (χ2n) is 5.97. The van der Waals surface area contributed by atoms with Crippen molar-refractivity contribution in [3.05, 3.63) is 68.5 Å². The van der Waals surface area contributed by atoms with Gasteiger partial charge in [-0.25, -0.2) is 4.79 Å². The molecule has 3 rings (SSSR count). The largest absolute Gasteiger partial charge is 0.394 e. The third-order valence-corrected chi connectivity index (χ3v) is 4.38. The maximum Gasteiger partial charge on any atom is 0.333 e. The van der Waals surface area contributed by atoms with Crippen LogP contribution in [0.5, 0.6) is 0 Å². The zero-order chi connectivity index (χ0) is 17.3. The monoisotopic (exact) mass is 332 g/mol. The highest BCUT2D eigenvalue weighted by molar-refractivity contribution is 5.25. The lowest BCUT2D eigenvalue weighted by molar-refractivity contribution is -0.0463. The van der Waals surface area contributed by atoms with E-state index in [-0.39, 0.29) is 19.6 Å². The molecule has 2 N–H and O–H groups in total. The van der Waals surface area contributed by atoms with Crippen molar-refractivity contribution in [2.45, 2.75) is 38.3 Å². The zero-order valence-electron chi connectivity index (χ0n) is 13.3. The number of aryl methyl sites for hydroxylation is 1. The van der Waals surface area contributed by atoms with Gasteiger partial charge >= 0.3 is 5.69 Å². The lowest BCUT2D eigenvalue weighted by Crippen LogP contribution is -2.40. The van der Waals surface area contributed by atoms with Crippen LogP contribution < -0.4 is 11.2 Å². The molecule has 1 aromatic carbocycles. The number of hydrogen-bond acceptors (Lipinski definition) is 5. The molecule has 1 aromatic heterocycles. The van der Waals surface area contributed by atoms with Crippen LogP contribution in [0.15, 0.2) is 46.1 Å². The van der Waals surface area contributed by atoms with Gasteiger partial charge < -0.3 is 14.9 Å². The highest BCUT2D eigenvalue weighted by atomic mass is 16.5. The Balaban J connectivity index is 1.96. The van der Waals surface area contributed by atoms with Crippen LogP contribution in [0.3, 0.4) is 0 Å². The Labute approximate surface area is 138 Å². The summed E-state index contributed by atoms with van der Waals surface area (Å²) in [6.07, 6.45) is -0.709. The number of benzene rings is 1. The third-order valence-electron chi connectivity index (χ3n) is 4.38. The summed E-state index contributed by atoms with van der Waals surface area (Å²) < 4.78 is 7.94. The highest BCUT2D eigenvalue weighted by Gasteiger charge is 2.35. The lowest BCUT2D eigenvalue weighted by atomic mass is 10.1. The van der Waals surface area contributed by atoms with Crippen molar-refractivity contribution in [1.29, 1.82) is 0 Å². The maximum atomic E-state index is 12.7. The third kappa shape index (κ3) is 3.06. The van der Waals surface area contributed by atoms with E-state index in [1.54, 1.807) is 0 Å². The zero-order valence-corrected chi connectivity index (χ0v) is 13.3. The summed E-state index contributed by atoms with van der Waals surface area (Å²) in [6, 6.07) is 8.85. The fourth-order valence-electron chi connectivity index (χ4n) is 2.90. The van der Waals surface area contributed by atoms with Gasteiger partial charge in [-0.2, -0.15) is 0 Å². The average Bonchev–Trinajstić information content (AvgIpc) is 2.93. The summed E-state index contributed by atoms with van der Waals surface area (Å²) in [5, 5.41) is 19.0. The molecule has 0 bridgehead atoms. The first-order chi connectivity index (χ1) is 11.5. The minimum absolute atomic E-state index is 0.171. The summed E-state index contributed by atoms with van der Waals surface area (Å²) in [5.74, 6) is 0. The SMILES string of the molecule is Cc1ccccc1Cn1c(=O)ccn([C@H]2C[C@H](O)[C@@H](CO)O2)c1=O. The van der Waals surface area contributed by atoms with Crippen molar-refractivity contribution in [2.75, 3.05) is 6.61 Å². The van der Waals surface area contributed by atoms with E-state index in [1.165, 1.54) is 16.8 Å². The molecule has 0 saturated carbocycles. The predicted molar refractivity (Wildman–Crippen MR) is 86.9 cm³/mol. The minimum atomic E-state index is -0.844. The molecule has 24 heavy (non-hydrogen) atoms. The second kappa shape index (κ2) is 6.72. The van der Waals surface area contributed by atoms with Crippen molar-refractivity contribution < 1.29 is 14.9 Å². The molecule has 1 saturated heterocycles. The van der Waals surface area contributed by atoms with E-state index in [1.807, 2.05) is 31.2 Å². The Morgan fingerprint density at radius 3 is 2.67 bits per heavy atom. The second-order valence-corrected chi connectivity index (χ2v) is 5.97. The number of hydrogen-bond donors (Lipinski definition) is 2. The molecule has 0 aliphatic carbocycles. The molecular weight excluding hydrogens is 312 g/mol. The van der Waals surface area contributed by atoms with Gasteiger partial charge in [0.15, 0.2) is 0 Å². The van der Waals surface area contributed by atoms with Gasteiger partial charge in [0.25, 0.3) is 5.56 Å². The molecule has 128 valence electrons. The molecule has 2 heterocycles. The molecule has 3 atom stereocenters. The van der Waals surface area contributed by atoms with Crippen molar-refractivity contribution in [1.82, 2.24) is 9.13 Å². The van der Waals surface area contributed by atoms with Crippen LogP contribution in [0, 0.1) is 6.92 Å². The van der Waals surface area contributed by atoms with E-state index < -0.39 is 29.7 Å². The molecule has 1 fully saturated rings. The quantitative estimate of drug-likeness (QED) is 0.822. The van der Waals surface area contributed by atoms with Crippen LogP contribution in [0.4, 0.5) is 0 Å². The summed E-state index contributed by atoms with van der Waals surface area (Å²) in [5.41, 5.74) is 0.987. The van der Waals surface area contributed by atoms with Crippen LogP contribution in [-0.2, 0) is 11.3 Å². The number of ether oxygens (including phenoxy) is 1. The van der Waals surface area contributed by atoms with E-state index in [0.717, 1.165) is 15.7 Å². The fourth-order valence-corrected chi connectivity index (χ4v) is 2.90. The predicted octanol–water partition coefficient (Wildman–Crippen LogP) is 0.00742. The topological polar surface area (TPSA) is 93.7 Å². The van der Waals surface area contributed by atoms with Crippen LogP contribution in [-0.4, -0.2) is 38.2 Å². The van der Waals surface area contributed by atoms with Gasteiger partial charge in [0, 0.05) is 18.7 Å². The molecule has 0 amide bonds. The number of nitrogens with zero attached hydrogens (tertiary/aromatic N) is 2. The van der Waals surface area contributed by atoms with E-state index in [0.29, 0.717) is 0 Å². The van der Waals surface area contributed by atoms with Gasteiger partial charge in [0.1, 0.15) is 12.3 Å². The number of rotatable bonds is 4. The Morgan fingerprint density at radius 1 is 1.25 bits per heavy atom. The molecule has 7 nitrogen and oxygen atoms in total. The van der Waals surface area contributed by atoms with Crippen LogP contribution >= 0.6 is 0 Å². The number of aliphatic hydroxyl groups excluding tert-OH is 2. The van der Waals surface area contributed by atoms with Gasteiger partial charge in [0.2, 0.25) is 0 Å². The first-order valence-electron chi connectivity index (χ1n) is 7.82. The maximum absolute atomic E-state index is 12.7. The number of aliphatic hydroxyl groups is 2. The van der Waals surface area contributed by atoms with Gasteiger partial charge in [0.05, 0.1) is 19.3 Å². The van der Waals surface area contributed by atoms with Crippen LogP contribution in [0.2, 0.25) is 0 Å². The standard InChI is InChI=1S/C17H20N2O5/c1-11-4-2-3-5-12(11)9-19-15(22)6-7-18(17(19)23)16-8-13(21)14(10-20)24-16/h2-7,13-14,16,20-21H,8-10H2,1H3/t13-,14+,16+/m0/s1. The molecule has 2 aromatic rings. The van der Waals surface area contributed by atoms with E-state index >= 15 is 0 Å². The lowest BCUT2D eigenvalue weighted by Gasteiger charge is -2.16. The van der Waals surface area contributed by atoms with Crippen LogP contribution in [0.25, 0.3) is 0 Å². The van der Waals surface area contributed by atoms with E-state index in [2.05, 4.69) is 0 Å². The molecular formula is C17H20N2O5. The van der Waals surface area contributed by atoms with Crippen LogP contribution in [0.1, 0.15) is 23.8 Å². The molecule has 0 spiro atoms. The van der Waals surface area contributed by atoms with Crippen molar-refractivity contribution >= 4 is 0 Å². The summed E-state index contributed by atoms with van der Waals surface area (Å²) in [7, 11) is 0. The summed E-state index contributed by atoms with van der Waals surface area (Å²) in [6.45, 7) is 1.77. The summed E-state index contributed by atoms with van der Waals surface area (Å²) >= 11 is 0. The Kier molecular flexibility index (Phi) is 4.66. The van der Waals surface area contributed by atoms with E-state index in [4.69, 9.17) is 9.84 Å². The van der Waals surface area contributed by atoms with Gasteiger partial charge in [-0.3, -0.25) is 13.9 Å². The van der Waals surface area contributed by atoms with Crippen molar-refractivity contribution in [3.8, 4) is 0 Å². The number of aromatic nitrogens is 2. The molecule has 1 aliphatic heterocycles. The first kappa shape index (κ1) is 16.6. The minimum Gasteiger partial charge on any atom is -0.394 e. The average molecular weight is 332 g/mol. The fraction of sp³-hybridized carbons (Fsp3) is 0.412. The van der Waals surface area contributed by atoms with E-state index in [9.17, 15) is 14.7 Å². The Hall–Kier alpha value is -2.22. The van der Waals surface area contributed by atoms with Gasteiger partial charge in [-0.05, 0) is 18.1 Å². The smallest absolute Gasteiger partial charge is 0.333 e. The Morgan fingerprint density at radius 2 is 2.00 bits per heavy atom.